The van der Waals surface area contributed by atoms with Gasteiger partial charge in [0.25, 0.3) is 6.47 Å². The molecule has 0 amide bonds. The van der Waals surface area contributed by atoms with Gasteiger partial charge in [-0.3, -0.25) is 4.79 Å². The average Bonchev–Trinajstić information content (AvgIpc) is 2.70. The van der Waals surface area contributed by atoms with E-state index in [1.807, 2.05) is 24.3 Å². The summed E-state index contributed by atoms with van der Waals surface area (Å²) in [6.07, 6.45) is 1.76. The molecule has 1 saturated heterocycles. The summed E-state index contributed by atoms with van der Waals surface area (Å²) in [5, 5.41) is 17.4. The fraction of sp³-hybridized carbons (Fsp3) is 0.409. The van der Waals surface area contributed by atoms with Gasteiger partial charge in [0, 0.05) is 25.6 Å². The van der Waals surface area contributed by atoms with Crippen LogP contribution in [-0.4, -0.2) is 53.9 Å². The Morgan fingerprint density at radius 3 is 2.33 bits per heavy atom. The first-order valence-corrected chi connectivity index (χ1v) is 9.39. The van der Waals surface area contributed by atoms with Crippen molar-refractivity contribution in [1.82, 2.24) is 4.90 Å². The van der Waals surface area contributed by atoms with Crippen LogP contribution in [0.1, 0.15) is 29.9 Å². The Morgan fingerprint density at radius 1 is 1.07 bits per heavy atom. The summed E-state index contributed by atoms with van der Waals surface area (Å²) in [6.45, 7) is 4.00. The quantitative estimate of drug-likeness (QED) is 0.578. The number of hydrogen-bond acceptors (Lipinski definition) is 4. The van der Waals surface area contributed by atoms with Crippen LogP contribution >= 0.6 is 0 Å². The molecular weight excluding hydrogens is 342 g/mol. The van der Waals surface area contributed by atoms with E-state index in [1.54, 1.807) is 0 Å². The van der Waals surface area contributed by atoms with Crippen LogP contribution in [0.15, 0.2) is 60.7 Å². The molecule has 0 saturated carbocycles. The summed E-state index contributed by atoms with van der Waals surface area (Å²) in [5.74, 6) is 0.275. The molecule has 2 aromatic carbocycles. The summed E-state index contributed by atoms with van der Waals surface area (Å²) in [4.78, 5) is 10.7. The van der Waals surface area contributed by atoms with E-state index in [2.05, 4.69) is 41.3 Å². The number of hydrogen-bond donors (Lipinski definition) is 2. The lowest BCUT2D eigenvalue weighted by molar-refractivity contribution is -0.122. The first kappa shape index (κ1) is 21.1. The van der Waals surface area contributed by atoms with Gasteiger partial charge < -0.3 is 19.8 Å². The Labute approximate surface area is 161 Å². The molecule has 1 aliphatic rings. The van der Waals surface area contributed by atoms with Crippen LogP contribution in [0.3, 0.4) is 0 Å². The molecule has 5 heteroatoms. The molecular formula is C22H29NO4. The van der Waals surface area contributed by atoms with Crippen LogP contribution in [0.4, 0.5) is 0 Å². The van der Waals surface area contributed by atoms with E-state index in [1.165, 1.54) is 11.1 Å². The number of nitrogens with zero attached hydrogens (tertiary/aromatic N) is 1. The second kappa shape index (κ2) is 12.2. The lowest BCUT2D eigenvalue weighted by Crippen LogP contribution is -2.43. The van der Waals surface area contributed by atoms with E-state index < -0.39 is 0 Å². The van der Waals surface area contributed by atoms with Crippen molar-refractivity contribution >= 4 is 6.47 Å². The number of piperidine rings is 1. The zero-order chi connectivity index (χ0) is 19.3. The SMILES string of the molecule is O=CO.O[C@@H]1CN(CCCOCc2ccccc2)CC[C@H]1c1ccccc1. The van der Waals surface area contributed by atoms with Crippen LogP contribution in [0.5, 0.6) is 0 Å². The van der Waals surface area contributed by atoms with Crippen LogP contribution < -0.4 is 0 Å². The molecule has 0 spiro atoms. The normalized spacial score (nSPS) is 19.7. The maximum Gasteiger partial charge on any atom is 0.290 e. The summed E-state index contributed by atoms with van der Waals surface area (Å²) in [7, 11) is 0. The first-order valence-electron chi connectivity index (χ1n) is 9.39. The lowest BCUT2D eigenvalue weighted by Gasteiger charge is -2.36. The monoisotopic (exact) mass is 371 g/mol. The van der Waals surface area contributed by atoms with Crippen molar-refractivity contribution in [3.63, 3.8) is 0 Å². The fourth-order valence-electron chi connectivity index (χ4n) is 3.44. The Kier molecular flexibility index (Phi) is 9.55. The van der Waals surface area contributed by atoms with Gasteiger partial charge in [0.05, 0.1) is 12.7 Å². The highest BCUT2D eigenvalue weighted by Crippen LogP contribution is 2.28. The van der Waals surface area contributed by atoms with Crippen molar-refractivity contribution < 1.29 is 19.7 Å². The molecule has 2 N–H and O–H groups in total. The molecule has 1 heterocycles. The molecule has 27 heavy (non-hydrogen) atoms. The highest BCUT2D eigenvalue weighted by atomic mass is 16.5. The van der Waals surface area contributed by atoms with Crippen LogP contribution in [0.2, 0.25) is 0 Å². The van der Waals surface area contributed by atoms with E-state index in [0.29, 0.717) is 6.61 Å². The minimum Gasteiger partial charge on any atom is -0.483 e. The molecule has 2 aromatic rings. The number of β-amino-alcohol motifs (C(OH)–C–C–N with tert-alkyl or cyclic N) is 1. The molecule has 0 bridgehead atoms. The minimum absolute atomic E-state index is 0.250. The van der Waals surface area contributed by atoms with Gasteiger partial charge in [-0.05, 0) is 30.5 Å². The van der Waals surface area contributed by atoms with E-state index >= 15 is 0 Å². The number of aliphatic hydroxyl groups is 1. The zero-order valence-electron chi connectivity index (χ0n) is 15.6. The van der Waals surface area contributed by atoms with Crippen LogP contribution in [0, 0.1) is 0 Å². The minimum atomic E-state index is -0.272. The van der Waals surface area contributed by atoms with Crippen molar-refractivity contribution in [3.8, 4) is 0 Å². The molecule has 1 aliphatic heterocycles. The highest BCUT2D eigenvalue weighted by molar-refractivity contribution is 5.32. The molecule has 0 aromatic heterocycles. The largest absolute Gasteiger partial charge is 0.483 e. The summed E-state index contributed by atoms with van der Waals surface area (Å²) >= 11 is 0. The van der Waals surface area contributed by atoms with Crippen molar-refractivity contribution in [3.05, 3.63) is 71.8 Å². The second-order valence-corrected chi connectivity index (χ2v) is 6.67. The fourth-order valence-corrected chi connectivity index (χ4v) is 3.44. The Hall–Kier alpha value is -2.21. The number of likely N-dealkylation sites (tertiary alicyclic amines) is 1. The highest BCUT2D eigenvalue weighted by Gasteiger charge is 2.28. The smallest absolute Gasteiger partial charge is 0.290 e. The number of aliphatic hydroxyl groups excluding tert-OH is 1. The maximum atomic E-state index is 10.5. The van der Waals surface area contributed by atoms with Gasteiger partial charge in [0.1, 0.15) is 0 Å². The summed E-state index contributed by atoms with van der Waals surface area (Å²) in [6, 6.07) is 20.7. The lowest BCUT2D eigenvalue weighted by atomic mass is 9.87. The van der Waals surface area contributed by atoms with Crippen molar-refractivity contribution in [2.75, 3.05) is 26.2 Å². The molecule has 0 unspecified atom stereocenters. The van der Waals surface area contributed by atoms with Gasteiger partial charge in [-0.2, -0.15) is 0 Å². The number of carboxylic acid groups (broad SMARTS) is 1. The molecule has 3 rings (SSSR count). The number of carbonyl (C=O) groups is 1. The zero-order valence-corrected chi connectivity index (χ0v) is 15.6. The third kappa shape index (κ3) is 7.51. The maximum absolute atomic E-state index is 10.5. The summed E-state index contributed by atoms with van der Waals surface area (Å²) in [5.41, 5.74) is 2.48. The van der Waals surface area contributed by atoms with E-state index in [0.717, 1.165) is 39.1 Å². The molecule has 0 radical (unpaired) electrons. The van der Waals surface area contributed by atoms with Gasteiger partial charge >= 0.3 is 0 Å². The standard InChI is InChI=1S/C21H27NO2.CH2O2/c23-21-16-22(14-12-20(21)19-10-5-2-6-11-19)13-7-15-24-17-18-8-3-1-4-9-18;2-1-3/h1-6,8-11,20-21,23H,7,12-17H2;1H,(H,2,3)/t20-,21+;/m0./s1. The van der Waals surface area contributed by atoms with Crippen molar-refractivity contribution in [2.45, 2.75) is 31.5 Å². The first-order chi connectivity index (χ1) is 13.2. The Balaban J connectivity index is 0.000000817. The van der Waals surface area contributed by atoms with Gasteiger partial charge in [-0.25, -0.2) is 0 Å². The Bertz CT molecular complexity index is 635. The number of benzene rings is 2. The van der Waals surface area contributed by atoms with Gasteiger partial charge in [-0.15, -0.1) is 0 Å². The Morgan fingerprint density at radius 2 is 1.70 bits per heavy atom. The third-order valence-corrected chi connectivity index (χ3v) is 4.77. The van der Waals surface area contributed by atoms with Crippen LogP contribution in [0.25, 0.3) is 0 Å². The molecule has 0 aliphatic carbocycles. The van der Waals surface area contributed by atoms with Crippen molar-refractivity contribution in [2.24, 2.45) is 0 Å². The van der Waals surface area contributed by atoms with E-state index in [-0.39, 0.29) is 18.5 Å². The average molecular weight is 371 g/mol. The molecule has 5 nitrogen and oxygen atoms in total. The van der Waals surface area contributed by atoms with E-state index in [9.17, 15) is 5.11 Å². The topological polar surface area (TPSA) is 70.0 Å². The second-order valence-electron chi connectivity index (χ2n) is 6.67. The third-order valence-electron chi connectivity index (χ3n) is 4.77. The van der Waals surface area contributed by atoms with Gasteiger partial charge in [-0.1, -0.05) is 60.7 Å². The number of rotatable bonds is 7. The van der Waals surface area contributed by atoms with E-state index in [4.69, 9.17) is 14.6 Å². The number of ether oxygens (including phenoxy) is 1. The van der Waals surface area contributed by atoms with Gasteiger partial charge in [0.15, 0.2) is 0 Å². The molecule has 146 valence electrons. The molecule has 2 atom stereocenters. The predicted octanol–water partition coefficient (Wildman–Crippen LogP) is 3.14. The van der Waals surface area contributed by atoms with Gasteiger partial charge in [0.2, 0.25) is 0 Å². The van der Waals surface area contributed by atoms with Crippen molar-refractivity contribution in [1.29, 1.82) is 0 Å². The van der Waals surface area contributed by atoms with Crippen LogP contribution in [-0.2, 0) is 16.1 Å². The molecule has 1 fully saturated rings. The predicted molar refractivity (Wildman–Crippen MR) is 106 cm³/mol. The summed E-state index contributed by atoms with van der Waals surface area (Å²) < 4.78 is 5.74.